The summed E-state index contributed by atoms with van der Waals surface area (Å²) >= 11 is 0. The summed E-state index contributed by atoms with van der Waals surface area (Å²) in [6.45, 7) is 0. The highest BCUT2D eigenvalue weighted by atomic mass is 16.3. The Morgan fingerprint density at radius 2 is 1.39 bits per heavy atom. The number of rotatable bonds is 6. The molecule has 0 unspecified atom stereocenters. The molecule has 0 saturated carbocycles. The number of carbonyl (C=O) groups excluding carboxylic acids is 2. The summed E-state index contributed by atoms with van der Waals surface area (Å²) < 4.78 is 0. The average molecular weight is 314 g/mol. The molecule has 0 aliphatic rings. The van der Waals surface area contributed by atoms with Gasteiger partial charge in [0.05, 0.1) is 5.41 Å². The number of benzene rings is 2. The minimum absolute atomic E-state index is 0.0323. The quantitative estimate of drug-likeness (QED) is 0.637. The molecular weight excluding hydrogens is 296 g/mol. The zero-order chi connectivity index (χ0) is 17.0. The van der Waals surface area contributed by atoms with Crippen LogP contribution in [0.1, 0.15) is 24.0 Å². The van der Waals surface area contributed by atoms with Gasteiger partial charge in [-0.05, 0) is 41.8 Å². The zero-order valence-electron chi connectivity index (χ0n) is 12.4. The van der Waals surface area contributed by atoms with Crippen LogP contribution >= 0.6 is 0 Å². The van der Waals surface area contributed by atoms with E-state index in [0.29, 0.717) is 11.1 Å². The Balaban J connectivity index is 2.69. The minimum Gasteiger partial charge on any atom is -0.508 e. The zero-order valence-corrected chi connectivity index (χ0v) is 12.4. The summed E-state index contributed by atoms with van der Waals surface area (Å²) in [5, 5.41) is 19.5. The molecule has 6 heteroatoms. The summed E-state index contributed by atoms with van der Waals surface area (Å²) in [5.74, 6) is -1.34. The first-order valence-electron chi connectivity index (χ1n) is 7.03. The van der Waals surface area contributed by atoms with E-state index in [4.69, 9.17) is 11.5 Å². The molecular formula is C17H18N2O4. The summed E-state index contributed by atoms with van der Waals surface area (Å²) in [6.07, 6.45) is -0.0428. The molecule has 0 heterocycles. The lowest BCUT2D eigenvalue weighted by Crippen LogP contribution is -2.43. The Kier molecular flexibility index (Phi) is 4.55. The number of aromatic hydroxyl groups is 2. The fourth-order valence-corrected chi connectivity index (χ4v) is 2.72. The Labute approximate surface area is 133 Å². The first-order chi connectivity index (χ1) is 10.9. The molecule has 0 aliphatic heterocycles. The number of phenols is 2. The van der Waals surface area contributed by atoms with Crippen LogP contribution in [0.3, 0.4) is 0 Å². The molecule has 0 fully saturated rings. The molecule has 6 nitrogen and oxygen atoms in total. The van der Waals surface area contributed by atoms with Crippen LogP contribution in [0.2, 0.25) is 0 Å². The van der Waals surface area contributed by atoms with Crippen molar-refractivity contribution in [3.05, 3.63) is 59.7 Å². The van der Waals surface area contributed by atoms with Crippen molar-refractivity contribution in [2.75, 3.05) is 0 Å². The predicted molar refractivity (Wildman–Crippen MR) is 84.6 cm³/mol. The molecule has 0 radical (unpaired) electrons. The van der Waals surface area contributed by atoms with Gasteiger partial charge in [0.25, 0.3) is 0 Å². The van der Waals surface area contributed by atoms with Crippen molar-refractivity contribution >= 4 is 11.8 Å². The Hall–Kier alpha value is -3.02. The van der Waals surface area contributed by atoms with Gasteiger partial charge in [-0.2, -0.15) is 0 Å². The monoisotopic (exact) mass is 314 g/mol. The molecule has 0 atom stereocenters. The maximum Gasteiger partial charge on any atom is 0.232 e. The molecule has 2 rings (SSSR count). The second kappa shape index (κ2) is 6.39. The lowest BCUT2D eigenvalue weighted by molar-refractivity contribution is -0.123. The van der Waals surface area contributed by atoms with E-state index < -0.39 is 17.2 Å². The molecule has 6 N–H and O–H groups in total. The Bertz CT molecular complexity index is 697. The van der Waals surface area contributed by atoms with Gasteiger partial charge in [0.2, 0.25) is 11.8 Å². The van der Waals surface area contributed by atoms with Crippen molar-refractivity contribution in [3.8, 4) is 11.5 Å². The largest absolute Gasteiger partial charge is 0.508 e. The van der Waals surface area contributed by atoms with Crippen LogP contribution in [0.25, 0.3) is 0 Å². The van der Waals surface area contributed by atoms with Gasteiger partial charge in [-0.1, -0.05) is 24.3 Å². The van der Waals surface area contributed by atoms with E-state index >= 15 is 0 Å². The fourth-order valence-electron chi connectivity index (χ4n) is 2.72. The third-order valence-corrected chi connectivity index (χ3v) is 3.84. The third-order valence-electron chi connectivity index (χ3n) is 3.84. The number of primary amides is 2. The molecule has 2 aromatic rings. The SMILES string of the molecule is NC(=O)CCC(C(N)=O)(c1cccc(O)c1)c1cccc(O)c1. The van der Waals surface area contributed by atoms with E-state index in [1.54, 1.807) is 24.3 Å². The van der Waals surface area contributed by atoms with Gasteiger partial charge in [-0.15, -0.1) is 0 Å². The standard InChI is InChI=1S/C17H18N2O4/c18-15(22)7-8-17(16(19)23,11-3-1-5-13(20)9-11)12-4-2-6-14(21)10-12/h1-6,9-10,20-21H,7-8H2,(H2,18,22)(H2,19,23). The Morgan fingerprint density at radius 3 is 1.74 bits per heavy atom. The van der Waals surface area contributed by atoms with Crippen LogP contribution in [0.5, 0.6) is 11.5 Å². The van der Waals surface area contributed by atoms with Crippen molar-refractivity contribution in [2.45, 2.75) is 18.3 Å². The average Bonchev–Trinajstić information content (AvgIpc) is 2.47. The van der Waals surface area contributed by atoms with Crippen LogP contribution in [0.4, 0.5) is 0 Å². The van der Waals surface area contributed by atoms with E-state index in [1.807, 2.05) is 0 Å². The second-order valence-electron chi connectivity index (χ2n) is 5.34. The molecule has 2 amide bonds. The number of hydrogen-bond donors (Lipinski definition) is 4. The van der Waals surface area contributed by atoms with Gasteiger partial charge in [0, 0.05) is 6.42 Å². The molecule has 0 bridgehead atoms. The first-order valence-corrected chi connectivity index (χ1v) is 7.03. The summed E-state index contributed by atoms with van der Waals surface area (Å²) in [6, 6.07) is 12.2. The molecule has 2 aromatic carbocycles. The van der Waals surface area contributed by atoms with Gasteiger partial charge in [-0.3, -0.25) is 9.59 Å². The number of nitrogens with two attached hydrogens (primary N) is 2. The number of phenolic OH excluding ortho intramolecular Hbond substituents is 2. The van der Waals surface area contributed by atoms with E-state index in [1.165, 1.54) is 24.3 Å². The highest BCUT2D eigenvalue weighted by Gasteiger charge is 2.41. The Morgan fingerprint density at radius 1 is 0.913 bits per heavy atom. The maximum absolute atomic E-state index is 12.4. The van der Waals surface area contributed by atoms with Crippen molar-refractivity contribution in [3.63, 3.8) is 0 Å². The highest BCUT2D eigenvalue weighted by molar-refractivity contribution is 5.91. The topological polar surface area (TPSA) is 127 Å². The highest BCUT2D eigenvalue weighted by Crippen LogP contribution is 2.39. The number of amides is 2. The fraction of sp³-hybridized carbons (Fsp3) is 0.176. The lowest BCUT2D eigenvalue weighted by atomic mass is 9.70. The predicted octanol–water partition coefficient (Wildman–Crippen LogP) is 1.13. The van der Waals surface area contributed by atoms with Gasteiger partial charge in [-0.25, -0.2) is 0 Å². The molecule has 0 aliphatic carbocycles. The van der Waals surface area contributed by atoms with Crippen LogP contribution in [0, 0.1) is 0 Å². The van der Waals surface area contributed by atoms with E-state index in [0.717, 1.165) is 0 Å². The number of hydrogen-bond acceptors (Lipinski definition) is 4. The van der Waals surface area contributed by atoms with Crippen molar-refractivity contribution in [2.24, 2.45) is 11.5 Å². The van der Waals surface area contributed by atoms with Gasteiger partial charge < -0.3 is 21.7 Å². The first kappa shape index (κ1) is 16.4. The summed E-state index contributed by atoms with van der Waals surface area (Å²) in [5.41, 5.74) is 10.4. The van der Waals surface area contributed by atoms with Gasteiger partial charge in [0.15, 0.2) is 0 Å². The minimum atomic E-state index is -1.38. The second-order valence-corrected chi connectivity index (χ2v) is 5.34. The number of carbonyl (C=O) groups is 2. The van der Waals surface area contributed by atoms with Crippen LogP contribution in [0.15, 0.2) is 48.5 Å². The van der Waals surface area contributed by atoms with Crippen molar-refractivity contribution < 1.29 is 19.8 Å². The molecule has 23 heavy (non-hydrogen) atoms. The normalized spacial score (nSPS) is 11.1. The van der Waals surface area contributed by atoms with Crippen LogP contribution < -0.4 is 11.5 Å². The third kappa shape index (κ3) is 3.26. The van der Waals surface area contributed by atoms with Crippen molar-refractivity contribution in [1.82, 2.24) is 0 Å². The van der Waals surface area contributed by atoms with E-state index in [9.17, 15) is 19.8 Å². The molecule has 120 valence electrons. The van der Waals surface area contributed by atoms with Crippen molar-refractivity contribution in [1.29, 1.82) is 0 Å². The lowest BCUT2D eigenvalue weighted by Gasteiger charge is -2.31. The maximum atomic E-state index is 12.4. The van der Waals surface area contributed by atoms with E-state index in [-0.39, 0.29) is 24.3 Å². The summed E-state index contributed by atoms with van der Waals surface area (Å²) in [4.78, 5) is 23.6. The van der Waals surface area contributed by atoms with Gasteiger partial charge >= 0.3 is 0 Å². The molecule has 0 spiro atoms. The smallest absolute Gasteiger partial charge is 0.232 e. The van der Waals surface area contributed by atoms with Gasteiger partial charge in [0.1, 0.15) is 11.5 Å². The molecule has 0 aromatic heterocycles. The summed E-state index contributed by atoms with van der Waals surface area (Å²) in [7, 11) is 0. The van der Waals surface area contributed by atoms with Crippen LogP contribution in [-0.2, 0) is 15.0 Å². The van der Waals surface area contributed by atoms with Crippen LogP contribution in [-0.4, -0.2) is 22.0 Å². The van der Waals surface area contributed by atoms with E-state index in [2.05, 4.69) is 0 Å². The molecule has 0 saturated heterocycles.